The molecule has 26 heavy (non-hydrogen) atoms. The van der Waals surface area contributed by atoms with Crippen molar-refractivity contribution < 1.29 is 22.4 Å². The number of sulfonamides is 1. The number of thiazole rings is 1. The van der Waals surface area contributed by atoms with E-state index in [0.29, 0.717) is 10.8 Å². The molecule has 0 bridgehead atoms. The third-order valence-corrected chi connectivity index (χ3v) is 5.83. The molecule has 3 rings (SSSR count). The Labute approximate surface area is 154 Å². The molecule has 9 heteroatoms. The summed E-state index contributed by atoms with van der Waals surface area (Å²) < 4.78 is 37.3. The summed E-state index contributed by atoms with van der Waals surface area (Å²) in [5.41, 5.74) is 0.937. The van der Waals surface area contributed by atoms with Crippen molar-refractivity contribution >= 4 is 27.3 Å². The van der Waals surface area contributed by atoms with Gasteiger partial charge in [-0.25, -0.2) is 13.2 Å². The predicted octanol–water partition coefficient (Wildman–Crippen LogP) is 2.98. The number of aryl methyl sites for hydroxylation is 1. The molecule has 136 valence electrons. The lowest BCUT2D eigenvalue weighted by molar-refractivity contribution is -0.136. The van der Waals surface area contributed by atoms with E-state index >= 15 is 0 Å². The SMILES string of the molecule is Cc1ccc(S(=O)(=O)N[C@@H](C)C(=O)Oc2csc(-c3ccco3)n2)cc1. The molecule has 0 amide bonds. The number of esters is 1. The molecule has 0 saturated heterocycles. The third-order valence-electron chi connectivity index (χ3n) is 3.44. The Bertz CT molecular complexity index is 992. The minimum absolute atomic E-state index is 0.0801. The van der Waals surface area contributed by atoms with Crippen molar-refractivity contribution in [2.24, 2.45) is 0 Å². The lowest BCUT2D eigenvalue weighted by atomic mass is 10.2. The summed E-state index contributed by atoms with van der Waals surface area (Å²) in [5, 5.41) is 2.11. The molecule has 0 saturated carbocycles. The van der Waals surface area contributed by atoms with Crippen molar-refractivity contribution in [2.45, 2.75) is 24.8 Å². The van der Waals surface area contributed by atoms with Crippen molar-refractivity contribution in [3.63, 3.8) is 0 Å². The van der Waals surface area contributed by atoms with Crippen LogP contribution < -0.4 is 9.46 Å². The van der Waals surface area contributed by atoms with Gasteiger partial charge in [0.15, 0.2) is 10.8 Å². The van der Waals surface area contributed by atoms with Gasteiger partial charge < -0.3 is 9.15 Å². The van der Waals surface area contributed by atoms with Crippen LogP contribution in [-0.4, -0.2) is 25.4 Å². The molecule has 0 fully saturated rings. The molecular weight excluding hydrogens is 376 g/mol. The van der Waals surface area contributed by atoms with Crippen LogP contribution in [0.5, 0.6) is 5.88 Å². The van der Waals surface area contributed by atoms with Gasteiger partial charge in [0.2, 0.25) is 15.9 Å². The van der Waals surface area contributed by atoms with Gasteiger partial charge >= 0.3 is 5.97 Å². The molecule has 0 aliphatic carbocycles. The molecule has 1 N–H and O–H groups in total. The minimum atomic E-state index is -3.83. The van der Waals surface area contributed by atoms with Gasteiger partial charge in [0.05, 0.1) is 16.5 Å². The monoisotopic (exact) mass is 392 g/mol. The second kappa shape index (κ2) is 7.40. The number of aromatic nitrogens is 1. The van der Waals surface area contributed by atoms with Gasteiger partial charge in [-0.15, -0.1) is 11.3 Å². The number of hydrogen-bond donors (Lipinski definition) is 1. The molecule has 0 aliphatic rings. The van der Waals surface area contributed by atoms with Gasteiger partial charge in [0.1, 0.15) is 6.04 Å². The Balaban J connectivity index is 1.65. The minimum Gasteiger partial charge on any atom is -0.462 e. The number of hydrogen-bond acceptors (Lipinski definition) is 7. The highest BCUT2D eigenvalue weighted by Crippen LogP contribution is 2.27. The van der Waals surface area contributed by atoms with Crippen LogP contribution in [0.25, 0.3) is 10.8 Å². The summed E-state index contributed by atoms with van der Waals surface area (Å²) in [7, 11) is -3.83. The van der Waals surface area contributed by atoms with Crippen molar-refractivity contribution in [3.05, 3.63) is 53.6 Å². The van der Waals surface area contributed by atoms with Crippen LogP contribution in [0.15, 0.2) is 57.4 Å². The standard InChI is InChI=1S/C17H16N2O5S2/c1-11-5-7-13(8-6-11)26(21,22)19-12(2)17(20)24-15-10-25-16(18-15)14-4-3-9-23-14/h3-10,12,19H,1-2H3/t12-/m0/s1. The second-order valence-corrected chi connectivity index (χ2v) is 8.12. The van der Waals surface area contributed by atoms with E-state index in [9.17, 15) is 13.2 Å². The maximum atomic E-state index is 12.3. The lowest BCUT2D eigenvalue weighted by Crippen LogP contribution is -2.40. The molecule has 2 aromatic heterocycles. The van der Waals surface area contributed by atoms with Crippen LogP contribution >= 0.6 is 11.3 Å². The van der Waals surface area contributed by atoms with Crippen molar-refractivity contribution in [1.82, 2.24) is 9.71 Å². The Kier molecular flexibility index (Phi) is 5.21. The topological polar surface area (TPSA) is 98.5 Å². The fourth-order valence-electron chi connectivity index (χ4n) is 2.08. The first kappa shape index (κ1) is 18.3. The van der Waals surface area contributed by atoms with E-state index in [2.05, 4.69) is 9.71 Å². The summed E-state index contributed by atoms with van der Waals surface area (Å²) in [5.74, 6) is -0.102. The van der Waals surface area contributed by atoms with Crippen LogP contribution in [0.3, 0.4) is 0 Å². The Morgan fingerprint density at radius 1 is 1.27 bits per heavy atom. The molecule has 7 nitrogen and oxygen atoms in total. The maximum Gasteiger partial charge on any atom is 0.330 e. The zero-order valence-electron chi connectivity index (χ0n) is 14.0. The molecule has 0 spiro atoms. The van der Waals surface area contributed by atoms with E-state index in [4.69, 9.17) is 9.15 Å². The average molecular weight is 392 g/mol. The largest absolute Gasteiger partial charge is 0.462 e. The first-order valence-corrected chi connectivity index (χ1v) is 10.0. The average Bonchev–Trinajstić information content (AvgIpc) is 3.25. The van der Waals surface area contributed by atoms with Gasteiger partial charge in [0.25, 0.3) is 0 Å². The first-order valence-electron chi connectivity index (χ1n) is 7.65. The molecular formula is C17H16N2O5S2. The fourth-order valence-corrected chi connectivity index (χ4v) is 3.96. The van der Waals surface area contributed by atoms with Gasteiger partial charge in [0, 0.05) is 0 Å². The highest BCUT2D eigenvalue weighted by Gasteiger charge is 2.24. The quantitative estimate of drug-likeness (QED) is 0.648. The smallest absolute Gasteiger partial charge is 0.330 e. The Hall–Kier alpha value is -2.49. The number of benzene rings is 1. The van der Waals surface area contributed by atoms with E-state index < -0.39 is 22.0 Å². The van der Waals surface area contributed by atoms with Crippen molar-refractivity contribution in [2.75, 3.05) is 0 Å². The summed E-state index contributed by atoms with van der Waals surface area (Å²) in [6.45, 7) is 3.27. The normalized spacial score (nSPS) is 12.7. The number of nitrogens with zero attached hydrogens (tertiary/aromatic N) is 1. The summed E-state index contributed by atoms with van der Waals surface area (Å²) in [6, 6.07) is 8.71. The third kappa shape index (κ3) is 4.18. The van der Waals surface area contributed by atoms with Crippen LogP contribution in [-0.2, 0) is 14.8 Å². The fraction of sp³-hybridized carbons (Fsp3) is 0.176. The number of nitrogens with one attached hydrogen (secondary N) is 1. The van der Waals surface area contributed by atoms with E-state index in [1.807, 2.05) is 6.92 Å². The Morgan fingerprint density at radius 2 is 2.00 bits per heavy atom. The summed E-state index contributed by atoms with van der Waals surface area (Å²) in [6.07, 6.45) is 1.52. The van der Waals surface area contributed by atoms with Crippen LogP contribution in [0.4, 0.5) is 0 Å². The van der Waals surface area contributed by atoms with E-state index in [1.54, 1.807) is 29.6 Å². The summed E-state index contributed by atoms with van der Waals surface area (Å²) >= 11 is 1.25. The van der Waals surface area contributed by atoms with E-state index in [0.717, 1.165) is 5.56 Å². The van der Waals surface area contributed by atoms with Gasteiger partial charge in [-0.1, -0.05) is 17.7 Å². The number of furan rings is 1. The van der Waals surface area contributed by atoms with Gasteiger partial charge in [-0.2, -0.15) is 9.71 Å². The highest BCUT2D eigenvalue weighted by molar-refractivity contribution is 7.89. The molecule has 1 atom stereocenters. The zero-order valence-corrected chi connectivity index (χ0v) is 15.6. The maximum absolute atomic E-state index is 12.3. The molecule has 3 aromatic rings. The van der Waals surface area contributed by atoms with E-state index in [1.165, 1.54) is 36.7 Å². The molecule has 0 aliphatic heterocycles. The number of carbonyl (C=O) groups excluding carboxylic acids is 1. The lowest BCUT2D eigenvalue weighted by Gasteiger charge is -2.12. The molecule has 2 heterocycles. The Morgan fingerprint density at radius 3 is 2.65 bits per heavy atom. The molecule has 0 unspecified atom stereocenters. The molecule has 0 radical (unpaired) electrons. The first-order chi connectivity index (χ1) is 12.3. The number of ether oxygens (including phenoxy) is 1. The van der Waals surface area contributed by atoms with Crippen molar-refractivity contribution in [3.8, 4) is 16.6 Å². The van der Waals surface area contributed by atoms with Gasteiger partial charge in [-0.05, 0) is 38.1 Å². The van der Waals surface area contributed by atoms with Crippen LogP contribution in [0.1, 0.15) is 12.5 Å². The zero-order chi connectivity index (χ0) is 18.7. The second-order valence-electron chi connectivity index (χ2n) is 5.55. The number of rotatable bonds is 6. The van der Waals surface area contributed by atoms with Crippen LogP contribution in [0.2, 0.25) is 0 Å². The number of carbonyl (C=O) groups is 1. The molecule has 1 aromatic carbocycles. The summed E-state index contributed by atoms with van der Waals surface area (Å²) in [4.78, 5) is 16.4. The van der Waals surface area contributed by atoms with E-state index in [-0.39, 0.29) is 10.8 Å². The highest BCUT2D eigenvalue weighted by atomic mass is 32.2. The van der Waals surface area contributed by atoms with Crippen molar-refractivity contribution in [1.29, 1.82) is 0 Å². The predicted molar refractivity (Wildman–Crippen MR) is 96.4 cm³/mol. The van der Waals surface area contributed by atoms with Crippen LogP contribution in [0, 0.1) is 6.92 Å². The van der Waals surface area contributed by atoms with Gasteiger partial charge in [-0.3, -0.25) is 0 Å².